The smallest absolute Gasteiger partial charge is 0.251 e. The average Bonchev–Trinajstić information content (AvgIpc) is 2.95. The van der Waals surface area contributed by atoms with Crippen LogP contribution < -0.4 is 10.6 Å². The summed E-state index contributed by atoms with van der Waals surface area (Å²) >= 11 is 0. The van der Waals surface area contributed by atoms with Crippen molar-refractivity contribution in [1.82, 2.24) is 10.6 Å². The quantitative estimate of drug-likeness (QED) is 0.843. The van der Waals surface area contributed by atoms with Crippen LogP contribution in [0.4, 0.5) is 0 Å². The van der Waals surface area contributed by atoms with Crippen LogP contribution in [0, 0.1) is 6.92 Å². The number of amides is 2. The summed E-state index contributed by atoms with van der Waals surface area (Å²) in [5.74, 6) is -0.428. The summed E-state index contributed by atoms with van der Waals surface area (Å²) in [7, 11) is 0. The molecule has 1 atom stereocenters. The number of hydrogen-bond donors (Lipinski definition) is 2. The predicted octanol–water partition coefficient (Wildman–Crippen LogP) is 1.02. The average molecular weight is 276 g/mol. The van der Waals surface area contributed by atoms with E-state index in [1.54, 1.807) is 12.1 Å². The second-order valence-electron chi connectivity index (χ2n) is 4.99. The van der Waals surface area contributed by atoms with Crippen molar-refractivity contribution in [1.29, 1.82) is 0 Å². The molecule has 0 unspecified atom stereocenters. The molecule has 1 aromatic rings. The lowest BCUT2D eigenvalue weighted by molar-refractivity contribution is -0.120. The van der Waals surface area contributed by atoms with Crippen molar-refractivity contribution < 1.29 is 14.3 Å². The van der Waals surface area contributed by atoms with E-state index >= 15 is 0 Å². The van der Waals surface area contributed by atoms with Crippen LogP contribution >= 0.6 is 0 Å². The molecular formula is C15H20N2O3. The summed E-state index contributed by atoms with van der Waals surface area (Å²) in [4.78, 5) is 23.5. The molecule has 20 heavy (non-hydrogen) atoms. The van der Waals surface area contributed by atoms with E-state index in [1.807, 2.05) is 19.1 Å². The normalized spacial score (nSPS) is 17.8. The van der Waals surface area contributed by atoms with Gasteiger partial charge in [0.25, 0.3) is 5.91 Å². The molecule has 0 aromatic heterocycles. The zero-order valence-electron chi connectivity index (χ0n) is 11.6. The van der Waals surface area contributed by atoms with Gasteiger partial charge in [-0.3, -0.25) is 9.59 Å². The molecule has 1 aliphatic rings. The molecule has 0 aliphatic carbocycles. The molecule has 2 rings (SSSR count). The Hall–Kier alpha value is -1.88. The first-order chi connectivity index (χ1) is 9.65. The summed E-state index contributed by atoms with van der Waals surface area (Å²) in [6, 6.07) is 7.26. The first-order valence-electron chi connectivity index (χ1n) is 6.88. The van der Waals surface area contributed by atoms with Gasteiger partial charge >= 0.3 is 0 Å². The van der Waals surface area contributed by atoms with Gasteiger partial charge in [-0.15, -0.1) is 0 Å². The Morgan fingerprint density at radius 1 is 1.35 bits per heavy atom. The van der Waals surface area contributed by atoms with Gasteiger partial charge in [-0.1, -0.05) is 17.7 Å². The van der Waals surface area contributed by atoms with E-state index in [4.69, 9.17) is 4.74 Å². The minimum Gasteiger partial charge on any atom is -0.376 e. The Balaban J connectivity index is 1.71. The van der Waals surface area contributed by atoms with Gasteiger partial charge in [0, 0.05) is 18.7 Å². The monoisotopic (exact) mass is 276 g/mol. The van der Waals surface area contributed by atoms with Crippen molar-refractivity contribution in [3.63, 3.8) is 0 Å². The van der Waals surface area contributed by atoms with E-state index in [1.165, 1.54) is 0 Å². The summed E-state index contributed by atoms with van der Waals surface area (Å²) in [5, 5.41) is 5.37. The van der Waals surface area contributed by atoms with Crippen molar-refractivity contribution in [2.24, 2.45) is 0 Å². The van der Waals surface area contributed by atoms with E-state index in [-0.39, 0.29) is 24.5 Å². The predicted molar refractivity (Wildman–Crippen MR) is 75.5 cm³/mol. The van der Waals surface area contributed by atoms with Gasteiger partial charge in [-0.05, 0) is 31.9 Å². The lowest BCUT2D eigenvalue weighted by atomic mass is 10.1. The molecule has 5 nitrogen and oxygen atoms in total. The van der Waals surface area contributed by atoms with Crippen molar-refractivity contribution >= 4 is 11.8 Å². The Morgan fingerprint density at radius 2 is 2.20 bits per heavy atom. The van der Waals surface area contributed by atoms with Crippen LogP contribution in [0.2, 0.25) is 0 Å². The highest BCUT2D eigenvalue weighted by Gasteiger charge is 2.16. The van der Waals surface area contributed by atoms with Gasteiger partial charge in [0.05, 0.1) is 12.6 Å². The molecule has 2 amide bonds. The third-order valence-corrected chi connectivity index (χ3v) is 3.24. The minimum absolute atomic E-state index is 0.0144. The van der Waals surface area contributed by atoms with Crippen molar-refractivity contribution in [2.75, 3.05) is 19.7 Å². The summed E-state index contributed by atoms with van der Waals surface area (Å²) in [6.07, 6.45) is 2.15. The fraction of sp³-hybridized carbons (Fsp3) is 0.467. The van der Waals surface area contributed by atoms with Crippen LogP contribution in [-0.4, -0.2) is 37.6 Å². The molecule has 1 aliphatic heterocycles. The third kappa shape index (κ3) is 4.35. The van der Waals surface area contributed by atoms with E-state index in [0.717, 1.165) is 25.0 Å². The number of aryl methyl sites for hydroxylation is 1. The molecule has 0 spiro atoms. The van der Waals surface area contributed by atoms with Crippen LogP contribution in [0.5, 0.6) is 0 Å². The molecule has 0 saturated carbocycles. The highest BCUT2D eigenvalue weighted by Crippen LogP contribution is 2.10. The fourth-order valence-corrected chi connectivity index (χ4v) is 2.14. The van der Waals surface area contributed by atoms with E-state index in [2.05, 4.69) is 10.6 Å². The van der Waals surface area contributed by atoms with Crippen LogP contribution in [0.15, 0.2) is 24.3 Å². The number of rotatable bonds is 5. The van der Waals surface area contributed by atoms with E-state index < -0.39 is 0 Å². The Morgan fingerprint density at radius 3 is 2.90 bits per heavy atom. The Bertz CT molecular complexity index is 482. The summed E-state index contributed by atoms with van der Waals surface area (Å²) < 4.78 is 5.41. The van der Waals surface area contributed by atoms with Gasteiger partial charge in [0.1, 0.15) is 0 Å². The highest BCUT2D eigenvalue weighted by atomic mass is 16.5. The maximum Gasteiger partial charge on any atom is 0.251 e. The first-order valence-corrected chi connectivity index (χ1v) is 6.88. The molecule has 1 heterocycles. The standard InChI is InChI=1S/C15H20N2O3/c1-11-4-2-5-12(8-11)15(19)17-10-14(18)16-9-13-6-3-7-20-13/h2,4-5,8,13H,3,6-7,9-10H2,1H3,(H,16,18)(H,17,19)/t13-/m1/s1. The minimum atomic E-state index is -0.235. The van der Waals surface area contributed by atoms with Gasteiger partial charge in [0.2, 0.25) is 5.91 Å². The lowest BCUT2D eigenvalue weighted by Gasteiger charge is -2.11. The number of nitrogens with one attached hydrogen (secondary N) is 2. The largest absolute Gasteiger partial charge is 0.376 e. The SMILES string of the molecule is Cc1cccc(C(=O)NCC(=O)NC[C@H]2CCCO2)c1. The number of benzene rings is 1. The molecule has 1 fully saturated rings. The summed E-state index contributed by atoms with van der Waals surface area (Å²) in [5.41, 5.74) is 1.58. The molecule has 108 valence electrons. The number of hydrogen-bond acceptors (Lipinski definition) is 3. The van der Waals surface area contributed by atoms with Gasteiger partial charge < -0.3 is 15.4 Å². The number of carbonyl (C=O) groups excluding carboxylic acids is 2. The fourth-order valence-electron chi connectivity index (χ4n) is 2.14. The Kier molecular flexibility index (Phi) is 5.12. The van der Waals surface area contributed by atoms with E-state index in [9.17, 15) is 9.59 Å². The molecule has 0 bridgehead atoms. The maximum absolute atomic E-state index is 11.8. The van der Waals surface area contributed by atoms with Crippen molar-refractivity contribution in [3.05, 3.63) is 35.4 Å². The third-order valence-electron chi connectivity index (χ3n) is 3.24. The molecule has 2 N–H and O–H groups in total. The topological polar surface area (TPSA) is 67.4 Å². The second kappa shape index (κ2) is 7.05. The molecule has 1 saturated heterocycles. The molecule has 0 radical (unpaired) electrons. The second-order valence-corrected chi connectivity index (χ2v) is 4.99. The van der Waals surface area contributed by atoms with Crippen LogP contribution in [-0.2, 0) is 9.53 Å². The Labute approximate surface area is 118 Å². The van der Waals surface area contributed by atoms with Gasteiger partial charge in [-0.2, -0.15) is 0 Å². The highest BCUT2D eigenvalue weighted by molar-refractivity contribution is 5.96. The number of ether oxygens (including phenoxy) is 1. The van der Waals surface area contributed by atoms with Crippen molar-refractivity contribution in [2.45, 2.75) is 25.9 Å². The first kappa shape index (κ1) is 14.5. The number of carbonyl (C=O) groups is 2. The molecule has 5 heteroatoms. The maximum atomic E-state index is 11.8. The summed E-state index contributed by atoms with van der Waals surface area (Å²) in [6.45, 7) is 3.19. The van der Waals surface area contributed by atoms with Crippen LogP contribution in [0.3, 0.4) is 0 Å². The molecule has 1 aromatic carbocycles. The zero-order chi connectivity index (χ0) is 14.4. The van der Waals surface area contributed by atoms with Crippen LogP contribution in [0.1, 0.15) is 28.8 Å². The molecular weight excluding hydrogens is 256 g/mol. The van der Waals surface area contributed by atoms with Crippen molar-refractivity contribution in [3.8, 4) is 0 Å². The van der Waals surface area contributed by atoms with E-state index in [0.29, 0.717) is 12.1 Å². The zero-order valence-corrected chi connectivity index (χ0v) is 11.6. The van der Waals surface area contributed by atoms with Gasteiger partial charge in [0.15, 0.2) is 0 Å². The lowest BCUT2D eigenvalue weighted by Crippen LogP contribution is -2.39. The van der Waals surface area contributed by atoms with Gasteiger partial charge in [-0.25, -0.2) is 0 Å². The van der Waals surface area contributed by atoms with Crippen LogP contribution in [0.25, 0.3) is 0 Å².